The first kappa shape index (κ1) is 12.8. The van der Waals surface area contributed by atoms with Crippen LogP contribution in [-0.2, 0) is 6.42 Å². The molecule has 2 heterocycles. The van der Waals surface area contributed by atoms with Crippen LogP contribution in [0, 0.1) is 5.82 Å². The lowest BCUT2D eigenvalue weighted by atomic mass is 10.2. The fraction of sp³-hybridized carbons (Fsp3) is 0.714. The molecule has 1 aliphatic heterocycles. The molecule has 1 unspecified atom stereocenters. The minimum Gasteiger partial charge on any atom is -0.350 e. The Balaban J connectivity index is 1.75. The fourth-order valence-electron chi connectivity index (χ4n) is 2.76. The molecule has 1 saturated heterocycles. The Hall–Kier alpha value is -1.23. The Bertz CT molecular complexity index is 447. The van der Waals surface area contributed by atoms with Crippen LogP contribution >= 0.6 is 0 Å². The van der Waals surface area contributed by atoms with E-state index in [9.17, 15) is 4.39 Å². The normalized spacial score (nSPS) is 23.1. The molecule has 1 N–H and O–H groups in total. The molecule has 1 aromatic rings. The summed E-state index contributed by atoms with van der Waals surface area (Å²) in [7, 11) is 0. The average Bonchev–Trinajstić information content (AvgIpc) is 3.14. The zero-order chi connectivity index (χ0) is 13.2. The van der Waals surface area contributed by atoms with Crippen LogP contribution < -0.4 is 10.2 Å². The summed E-state index contributed by atoms with van der Waals surface area (Å²) in [6.45, 7) is 3.76. The molecular weight excluding hydrogens is 243 g/mol. The monoisotopic (exact) mass is 264 g/mol. The first-order valence-electron chi connectivity index (χ1n) is 7.29. The third-order valence-corrected chi connectivity index (χ3v) is 4.05. The van der Waals surface area contributed by atoms with Gasteiger partial charge in [-0.05, 0) is 32.1 Å². The first-order chi connectivity index (χ1) is 9.29. The molecule has 4 nitrogen and oxygen atoms in total. The largest absolute Gasteiger partial charge is 0.350 e. The molecule has 1 aliphatic carbocycles. The van der Waals surface area contributed by atoms with Gasteiger partial charge < -0.3 is 10.2 Å². The molecule has 104 valence electrons. The van der Waals surface area contributed by atoms with E-state index in [1.165, 1.54) is 19.2 Å². The maximum atomic E-state index is 14.3. The quantitative estimate of drug-likeness (QED) is 0.882. The number of aryl methyl sites for hydroxylation is 1. The second kappa shape index (κ2) is 5.41. The van der Waals surface area contributed by atoms with Gasteiger partial charge in [0.25, 0.3) is 0 Å². The first-order valence-corrected chi connectivity index (χ1v) is 7.29. The lowest BCUT2D eigenvalue weighted by Gasteiger charge is -2.26. The van der Waals surface area contributed by atoms with Gasteiger partial charge in [0.05, 0.1) is 5.69 Å². The summed E-state index contributed by atoms with van der Waals surface area (Å²) in [5.41, 5.74) is 0.519. The predicted octanol–water partition coefficient (Wildman–Crippen LogP) is 1.90. The summed E-state index contributed by atoms with van der Waals surface area (Å²) in [4.78, 5) is 10.3. The minimum atomic E-state index is -0.233. The van der Waals surface area contributed by atoms with Crippen molar-refractivity contribution in [3.05, 3.63) is 17.8 Å². The third kappa shape index (κ3) is 2.71. The zero-order valence-corrected chi connectivity index (χ0v) is 11.4. The van der Waals surface area contributed by atoms with Crippen molar-refractivity contribution in [3.8, 4) is 0 Å². The van der Waals surface area contributed by atoms with Gasteiger partial charge >= 0.3 is 0 Å². The number of nitrogens with zero attached hydrogens (tertiary/aromatic N) is 3. The number of hydrogen-bond donors (Lipinski definition) is 1. The van der Waals surface area contributed by atoms with Crippen LogP contribution in [0.2, 0.25) is 0 Å². The van der Waals surface area contributed by atoms with E-state index in [-0.39, 0.29) is 5.82 Å². The molecule has 1 saturated carbocycles. The highest BCUT2D eigenvalue weighted by Gasteiger charge is 2.30. The highest BCUT2D eigenvalue weighted by molar-refractivity contribution is 5.43. The lowest BCUT2D eigenvalue weighted by Crippen LogP contribution is -2.39. The zero-order valence-electron chi connectivity index (χ0n) is 11.4. The highest BCUT2D eigenvalue weighted by Crippen LogP contribution is 2.27. The second-order valence-corrected chi connectivity index (χ2v) is 5.48. The van der Waals surface area contributed by atoms with E-state index in [1.807, 2.05) is 6.92 Å². The Morgan fingerprint density at radius 1 is 1.37 bits per heavy atom. The SMILES string of the molecule is CCc1ncnc(N2CCCC2CNC2CC2)c1F. The summed E-state index contributed by atoms with van der Waals surface area (Å²) in [5, 5.41) is 3.54. The topological polar surface area (TPSA) is 41.1 Å². The minimum absolute atomic E-state index is 0.233. The third-order valence-electron chi connectivity index (χ3n) is 4.05. The highest BCUT2D eigenvalue weighted by atomic mass is 19.1. The number of aromatic nitrogens is 2. The number of halogens is 1. The predicted molar refractivity (Wildman–Crippen MR) is 72.8 cm³/mol. The van der Waals surface area contributed by atoms with E-state index in [0.29, 0.717) is 30.0 Å². The Labute approximate surface area is 113 Å². The van der Waals surface area contributed by atoms with Crippen LogP contribution in [0.25, 0.3) is 0 Å². The smallest absolute Gasteiger partial charge is 0.187 e. The van der Waals surface area contributed by atoms with Gasteiger partial charge in [0.1, 0.15) is 6.33 Å². The molecule has 0 spiro atoms. The van der Waals surface area contributed by atoms with E-state index in [2.05, 4.69) is 20.2 Å². The summed E-state index contributed by atoms with van der Waals surface area (Å²) in [5.74, 6) is 0.260. The Morgan fingerprint density at radius 2 is 2.21 bits per heavy atom. The lowest BCUT2D eigenvalue weighted by molar-refractivity contribution is 0.545. The number of nitrogens with one attached hydrogen (secondary N) is 1. The summed E-state index contributed by atoms with van der Waals surface area (Å²) < 4.78 is 14.3. The van der Waals surface area contributed by atoms with Gasteiger partial charge in [-0.15, -0.1) is 0 Å². The van der Waals surface area contributed by atoms with Crippen LogP contribution in [0.4, 0.5) is 10.2 Å². The summed E-state index contributed by atoms with van der Waals surface area (Å²) in [6, 6.07) is 1.07. The van der Waals surface area contributed by atoms with Crippen LogP contribution in [0.1, 0.15) is 38.3 Å². The molecule has 5 heteroatoms. The van der Waals surface area contributed by atoms with E-state index in [1.54, 1.807) is 0 Å². The van der Waals surface area contributed by atoms with E-state index >= 15 is 0 Å². The van der Waals surface area contributed by atoms with Crippen molar-refractivity contribution in [1.29, 1.82) is 0 Å². The molecule has 2 fully saturated rings. The van der Waals surface area contributed by atoms with E-state index in [4.69, 9.17) is 0 Å². The molecule has 1 aromatic heterocycles. The molecule has 0 aromatic carbocycles. The molecule has 0 bridgehead atoms. The maximum absolute atomic E-state index is 14.3. The molecule has 2 aliphatic rings. The molecule has 0 amide bonds. The second-order valence-electron chi connectivity index (χ2n) is 5.48. The molecule has 3 rings (SSSR count). The van der Waals surface area contributed by atoms with Crippen molar-refractivity contribution >= 4 is 5.82 Å². The van der Waals surface area contributed by atoms with Crippen LogP contribution in [0.3, 0.4) is 0 Å². The van der Waals surface area contributed by atoms with Gasteiger partial charge in [0.2, 0.25) is 0 Å². The van der Waals surface area contributed by atoms with Crippen molar-refractivity contribution < 1.29 is 4.39 Å². The maximum Gasteiger partial charge on any atom is 0.187 e. The molecule has 0 radical (unpaired) electrons. The summed E-state index contributed by atoms with van der Waals surface area (Å²) in [6.07, 6.45) is 6.90. The Morgan fingerprint density at radius 3 is 2.95 bits per heavy atom. The standard InChI is InChI=1S/C14H21FN4/c1-2-12-13(15)14(18-9-17-12)19-7-3-4-11(19)8-16-10-5-6-10/h9-11,16H,2-8H2,1H3. The summed E-state index contributed by atoms with van der Waals surface area (Å²) >= 11 is 0. The van der Waals surface area contributed by atoms with Crippen molar-refractivity contribution in [2.75, 3.05) is 18.0 Å². The molecular formula is C14H21FN4. The van der Waals surface area contributed by atoms with Gasteiger partial charge in [-0.2, -0.15) is 0 Å². The van der Waals surface area contributed by atoms with Gasteiger partial charge in [-0.1, -0.05) is 6.92 Å². The van der Waals surface area contributed by atoms with Crippen LogP contribution in [0.15, 0.2) is 6.33 Å². The van der Waals surface area contributed by atoms with Crippen molar-refractivity contribution in [1.82, 2.24) is 15.3 Å². The van der Waals surface area contributed by atoms with Gasteiger partial charge in [0, 0.05) is 25.2 Å². The van der Waals surface area contributed by atoms with Gasteiger partial charge in [0.15, 0.2) is 11.6 Å². The van der Waals surface area contributed by atoms with E-state index < -0.39 is 0 Å². The number of hydrogen-bond acceptors (Lipinski definition) is 4. The Kier molecular flexibility index (Phi) is 3.64. The molecule has 1 atom stereocenters. The fourth-order valence-corrected chi connectivity index (χ4v) is 2.76. The van der Waals surface area contributed by atoms with E-state index in [0.717, 1.165) is 25.9 Å². The van der Waals surface area contributed by atoms with Crippen LogP contribution in [0.5, 0.6) is 0 Å². The average molecular weight is 264 g/mol. The van der Waals surface area contributed by atoms with Crippen molar-refractivity contribution in [3.63, 3.8) is 0 Å². The van der Waals surface area contributed by atoms with Crippen molar-refractivity contribution in [2.45, 2.75) is 51.1 Å². The number of rotatable bonds is 5. The molecule has 19 heavy (non-hydrogen) atoms. The number of anilines is 1. The van der Waals surface area contributed by atoms with Crippen LogP contribution in [-0.4, -0.2) is 35.1 Å². The van der Waals surface area contributed by atoms with Crippen molar-refractivity contribution in [2.24, 2.45) is 0 Å². The van der Waals surface area contributed by atoms with Gasteiger partial charge in [-0.3, -0.25) is 0 Å². The van der Waals surface area contributed by atoms with Gasteiger partial charge in [-0.25, -0.2) is 14.4 Å².